The first-order chi connectivity index (χ1) is 6.55. The SMILES string of the molecule is O=[C-]/C=C(\c1ccccc1)C(F)(F)F.[Y]. The molecule has 0 aliphatic heterocycles. The Hall–Kier alpha value is -0.476. The van der Waals surface area contributed by atoms with Crippen molar-refractivity contribution in [2.45, 2.75) is 6.18 Å². The van der Waals surface area contributed by atoms with Crippen molar-refractivity contribution in [3.05, 3.63) is 42.0 Å². The van der Waals surface area contributed by atoms with Crippen molar-refractivity contribution >= 4 is 11.9 Å². The van der Waals surface area contributed by atoms with Gasteiger partial charge in [-0.3, -0.25) is 0 Å². The predicted octanol–water partition coefficient (Wildman–Crippen LogP) is 2.74. The molecule has 0 aliphatic carbocycles. The van der Waals surface area contributed by atoms with Crippen LogP contribution in [0.5, 0.6) is 0 Å². The molecule has 1 nitrogen and oxygen atoms in total. The summed E-state index contributed by atoms with van der Waals surface area (Å²) in [6, 6.07) is 7.12. The Labute approximate surface area is 110 Å². The summed E-state index contributed by atoms with van der Waals surface area (Å²) in [5.74, 6) is 0. The molecule has 0 saturated carbocycles. The van der Waals surface area contributed by atoms with Crippen LogP contribution < -0.4 is 0 Å². The van der Waals surface area contributed by atoms with Gasteiger partial charge in [0.05, 0.1) is 0 Å². The van der Waals surface area contributed by atoms with Crippen LogP contribution in [0.2, 0.25) is 0 Å². The summed E-state index contributed by atoms with van der Waals surface area (Å²) in [5.41, 5.74) is -1.02. The van der Waals surface area contributed by atoms with Crippen LogP contribution in [0.25, 0.3) is 5.57 Å². The zero-order valence-electron chi connectivity index (χ0n) is 7.58. The second-order valence-electron chi connectivity index (χ2n) is 2.54. The van der Waals surface area contributed by atoms with Gasteiger partial charge >= 0.3 is 6.18 Å². The third-order valence-corrected chi connectivity index (χ3v) is 1.59. The van der Waals surface area contributed by atoms with Gasteiger partial charge in [0.2, 0.25) is 0 Å². The number of allylic oxidation sites excluding steroid dienone is 2. The van der Waals surface area contributed by atoms with Gasteiger partial charge in [-0.1, -0.05) is 41.5 Å². The van der Waals surface area contributed by atoms with Crippen LogP contribution in [0.4, 0.5) is 13.2 Å². The molecular formula is C10H6F3OY-. The minimum absolute atomic E-state index is 0. The van der Waals surface area contributed by atoms with Gasteiger partial charge in [-0.05, 0) is 6.29 Å². The summed E-state index contributed by atoms with van der Waals surface area (Å²) in [6.07, 6.45) is -2.99. The van der Waals surface area contributed by atoms with Crippen LogP contribution in [0.3, 0.4) is 0 Å². The van der Waals surface area contributed by atoms with Gasteiger partial charge in [0.15, 0.2) is 0 Å². The van der Waals surface area contributed by atoms with Gasteiger partial charge < -0.3 is 4.79 Å². The molecule has 1 aromatic rings. The molecule has 77 valence electrons. The zero-order chi connectivity index (χ0) is 10.6. The third-order valence-electron chi connectivity index (χ3n) is 1.59. The second-order valence-corrected chi connectivity index (χ2v) is 2.54. The number of halogens is 3. The molecule has 1 radical (unpaired) electrons. The minimum Gasteiger partial charge on any atom is -0.419 e. The van der Waals surface area contributed by atoms with Crippen molar-refractivity contribution < 1.29 is 50.7 Å². The van der Waals surface area contributed by atoms with E-state index in [0.717, 1.165) is 6.29 Å². The van der Waals surface area contributed by atoms with Crippen LogP contribution in [0, 0.1) is 0 Å². The molecule has 0 atom stereocenters. The van der Waals surface area contributed by atoms with Crippen molar-refractivity contribution in [1.29, 1.82) is 0 Å². The number of hydrogen-bond donors (Lipinski definition) is 0. The van der Waals surface area contributed by atoms with Crippen molar-refractivity contribution in [2.75, 3.05) is 0 Å². The Bertz CT molecular complexity index is 343. The van der Waals surface area contributed by atoms with E-state index in [1.165, 1.54) is 24.3 Å². The molecule has 0 heterocycles. The van der Waals surface area contributed by atoms with Crippen LogP contribution in [-0.2, 0) is 37.5 Å². The summed E-state index contributed by atoms with van der Waals surface area (Å²) in [4.78, 5) is 9.93. The molecule has 15 heavy (non-hydrogen) atoms. The zero-order valence-corrected chi connectivity index (χ0v) is 10.4. The number of alkyl halides is 3. The Morgan fingerprint density at radius 3 is 2.13 bits per heavy atom. The largest absolute Gasteiger partial charge is 0.419 e. The molecule has 0 amide bonds. The van der Waals surface area contributed by atoms with Crippen LogP contribution >= 0.6 is 0 Å². The van der Waals surface area contributed by atoms with Crippen molar-refractivity contribution in [3.8, 4) is 0 Å². The van der Waals surface area contributed by atoms with Crippen molar-refractivity contribution in [1.82, 2.24) is 0 Å². The molecule has 0 saturated heterocycles. The Balaban J connectivity index is 0.00000196. The fourth-order valence-electron chi connectivity index (χ4n) is 1.01. The predicted molar refractivity (Wildman–Crippen MR) is 46.2 cm³/mol. The fraction of sp³-hybridized carbons (Fsp3) is 0.100. The molecule has 0 unspecified atom stereocenters. The summed E-state index contributed by atoms with van der Waals surface area (Å²) in [6.45, 7) is 0. The van der Waals surface area contributed by atoms with E-state index in [1.807, 2.05) is 0 Å². The Morgan fingerprint density at radius 1 is 1.20 bits per heavy atom. The maximum absolute atomic E-state index is 12.3. The molecule has 1 aromatic carbocycles. The van der Waals surface area contributed by atoms with Crippen molar-refractivity contribution in [3.63, 3.8) is 0 Å². The molecule has 0 aromatic heterocycles. The molecule has 0 spiro atoms. The summed E-state index contributed by atoms with van der Waals surface area (Å²) in [5, 5.41) is 0. The van der Waals surface area contributed by atoms with Gasteiger partial charge in [-0.25, -0.2) is 0 Å². The normalized spacial score (nSPS) is 11.8. The Kier molecular flexibility index (Phi) is 5.99. The van der Waals surface area contributed by atoms with Crippen molar-refractivity contribution in [2.24, 2.45) is 0 Å². The monoisotopic (exact) mass is 288 g/mol. The van der Waals surface area contributed by atoms with E-state index in [9.17, 15) is 18.0 Å². The maximum atomic E-state index is 12.3. The van der Waals surface area contributed by atoms with Crippen LogP contribution in [0.1, 0.15) is 5.56 Å². The maximum Gasteiger partial charge on any atom is 0.349 e. The standard InChI is InChI=1S/C10H6F3O.Y/c11-10(12,13)9(6-7-14)8-4-2-1-3-5-8;/h1-6H;/q-1;/b9-6+;. The van der Waals surface area contributed by atoms with Gasteiger partial charge in [-0.2, -0.15) is 19.2 Å². The molecular weight excluding hydrogens is 282 g/mol. The molecule has 5 heteroatoms. The summed E-state index contributed by atoms with van der Waals surface area (Å²) >= 11 is 0. The molecule has 0 N–H and O–H groups in total. The quantitative estimate of drug-likeness (QED) is 0.604. The van der Waals surface area contributed by atoms with E-state index >= 15 is 0 Å². The van der Waals surface area contributed by atoms with Gasteiger partial charge in [0.25, 0.3) is 0 Å². The summed E-state index contributed by atoms with van der Waals surface area (Å²) in [7, 11) is 0. The van der Waals surface area contributed by atoms with E-state index in [4.69, 9.17) is 0 Å². The first-order valence-electron chi connectivity index (χ1n) is 3.76. The minimum atomic E-state index is -4.53. The average Bonchev–Trinajstić information content (AvgIpc) is 2.14. The number of benzene rings is 1. The van der Waals surface area contributed by atoms with Gasteiger partial charge in [0.1, 0.15) is 0 Å². The molecule has 0 fully saturated rings. The van der Waals surface area contributed by atoms with Crippen LogP contribution in [0.15, 0.2) is 36.4 Å². The Morgan fingerprint density at radius 2 is 1.73 bits per heavy atom. The second kappa shape index (κ2) is 6.18. The van der Waals surface area contributed by atoms with E-state index in [0.29, 0.717) is 6.08 Å². The number of hydrogen-bond acceptors (Lipinski definition) is 1. The third kappa shape index (κ3) is 4.26. The van der Waals surface area contributed by atoms with Gasteiger partial charge in [0, 0.05) is 32.7 Å². The molecule has 1 rings (SSSR count). The van der Waals surface area contributed by atoms with E-state index in [-0.39, 0.29) is 38.3 Å². The van der Waals surface area contributed by atoms with E-state index < -0.39 is 11.7 Å². The topological polar surface area (TPSA) is 17.1 Å². The first kappa shape index (κ1) is 14.5. The van der Waals surface area contributed by atoms with Crippen LogP contribution in [-0.4, -0.2) is 12.5 Å². The number of carbonyl (C=O) groups excluding carboxylic acids is 1. The first-order valence-corrected chi connectivity index (χ1v) is 3.76. The summed E-state index contributed by atoms with van der Waals surface area (Å²) < 4.78 is 37.0. The molecule has 0 aliphatic rings. The fourth-order valence-corrected chi connectivity index (χ4v) is 1.01. The van der Waals surface area contributed by atoms with E-state index in [2.05, 4.69) is 0 Å². The molecule has 0 bridgehead atoms. The van der Waals surface area contributed by atoms with Gasteiger partial charge in [-0.15, -0.1) is 0 Å². The average molecular weight is 288 g/mol. The smallest absolute Gasteiger partial charge is 0.349 e. The van der Waals surface area contributed by atoms with E-state index in [1.54, 1.807) is 6.07 Å². The number of rotatable bonds is 2.